The van der Waals surface area contributed by atoms with Crippen molar-refractivity contribution in [2.24, 2.45) is 35.5 Å². The summed E-state index contributed by atoms with van der Waals surface area (Å²) in [6.45, 7) is 3.27. The van der Waals surface area contributed by atoms with Crippen LogP contribution in [0.15, 0.2) is 0 Å². The summed E-state index contributed by atoms with van der Waals surface area (Å²) in [6, 6.07) is 0. The van der Waals surface area contributed by atoms with Crippen LogP contribution in [0.1, 0.15) is 27.2 Å². The van der Waals surface area contributed by atoms with Gasteiger partial charge < -0.3 is 43.9 Å². The van der Waals surface area contributed by atoms with E-state index >= 15 is 0 Å². The van der Waals surface area contributed by atoms with Gasteiger partial charge in [-0.2, -0.15) is 0 Å². The second-order valence-corrected chi connectivity index (χ2v) is 7.48. The van der Waals surface area contributed by atoms with Gasteiger partial charge in [-0.1, -0.05) is 13.8 Å². The first-order valence-electron chi connectivity index (χ1n) is 9.66. The third-order valence-corrected chi connectivity index (χ3v) is 5.41. The van der Waals surface area contributed by atoms with Crippen LogP contribution in [0.25, 0.3) is 0 Å². The van der Waals surface area contributed by atoms with Gasteiger partial charge >= 0.3 is 178 Å². The number of esters is 4. The first kappa shape index (κ1) is 42.7. The molecule has 1 saturated heterocycles. The quantitative estimate of drug-likeness (QED) is 0.0691. The Labute approximate surface area is 344 Å². The van der Waals surface area contributed by atoms with Gasteiger partial charge in [-0.25, -0.2) is 0 Å². The van der Waals surface area contributed by atoms with E-state index in [0.717, 1.165) is 13.8 Å². The minimum absolute atomic E-state index is 0. The summed E-state index contributed by atoms with van der Waals surface area (Å²) in [6.07, 6.45) is -0.310. The van der Waals surface area contributed by atoms with E-state index in [2.05, 4.69) is 9.47 Å². The van der Waals surface area contributed by atoms with Crippen molar-refractivity contribution in [3.05, 3.63) is 0 Å². The standard InChI is InChI=1S/C20H21ClO13.3K/c1-4-9(33-8(3)22)11(19(30)32-6-5-21)13(16(25)26)14(17(27)28)12(15(23)24)10-7(2)18(29)34-20(10)31;;;/h7,9-14H,4H2,1-3H3,(H,23,24)(H,25,26)(H,27,28);;;/q;3*+1/p-3. The zero-order valence-corrected chi connectivity index (χ0v) is 31.1. The summed E-state index contributed by atoms with van der Waals surface area (Å²) in [5.41, 5.74) is 0. The predicted molar refractivity (Wildman–Crippen MR) is 98.3 cm³/mol. The Morgan fingerprint density at radius 1 is 0.946 bits per heavy atom. The second kappa shape index (κ2) is 20.2. The van der Waals surface area contributed by atoms with Gasteiger partial charge in [0.25, 0.3) is 0 Å². The van der Waals surface area contributed by atoms with E-state index in [4.69, 9.17) is 16.3 Å². The molecular formula is C20H18ClK3O13. The van der Waals surface area contributed by atoms with E-state index in [1.54, 1.807) is 11.5 Å². The fourth-order valence-corrected chi connectivity index (χ4v) is 3.95. The van der Waals surface area contributed by atoms with E-state index in [-0.39, 0.29) is 161 Å². The van der Waals surface area contributed by atoms with Crippen molar-refractivity contribution >= 4 is 53.4 Å². The molecule has 37 heavy (non-hydrogen) atoms. The fourth-order valence-electron chi connectivity index (χ4n) is 3.91. The summed E-state index contributed by atoms with van der Waals surface area (Å²) >= 11 is 5.10. The van der Waals surface area contributed by atoms with Crippen molar-refractivity contribution in [1.29, 1.82) is 0 Å². The average Bonchev–Trinajstić information content (AvgIpc) is 2.98. The molecule has 0 aromatic carbocycles. The van der Waals surface area contributed by atoms with Gasteiger partial charge in [0, 0.05) is 48.0 Å². The molecule has 17 heteroatoms. The molecule has 7 atom stereocenters. The van der Waals surface area contributed by atoms with Gasteiger partial charge in [-0.05, 0) is 18.0 Å². The molecule has 1 heterocycles. The van der Waals surface area contributed by atoms with Crippen LogP contribution in [0.4, 0.5) is 0 Å². The fraction of sp³-hybridized carbons (Fsp3) is 0.550. The number of rotatable bonds is 11. The Kier molecular flexibility index (Phi) is 23.3. The molecule has 186 valence electrons. The summed E-state index contributed by atoms with van der Waals surface area (Å²) in [5, 5.41) is 37.8. The smallest absolute Gasteiger partial charge is 0.550 e. The maximum absolute atomic E-state index is 12.7. The molecule has 0 spiro atoms. The number of carboxylic acids is 3. The van der Waals surface area contributed by atoms with Crippen molar-refractivity contribution in [3.8, 4) is 11.5 Å². The SMILES string of the molecule is CCC(OC(C)=O)C(C(=O)OC#CCl)C(C(=O)[O-])C(C(=O)[O-])C(C(=O)[O-])C1C(=O)OC(=O)C1C.[K+].[K+].[K+]. The van der Waals surface area contributed by atoms with Gasteiger partial charge in [0.2, 0.25) is 0 Å². The van der Waals surface area contributed by atoms with Gasteiger partial charge in [0.05, 0.1) is 11.8 Å². The molecule has 0 aliphatic carbocycles. The molecule has 0 aromatic rings. The zero-order valence-electron chi connectivity index (χ0n) is 20.9. The average molecular weight is 619 g/mol. The molecule has 13 nitrogen and oxygen atoms in total. The Morgan fingerprint density at radius 2 is 1.46 bits per heavy atom. The van der Waals surface area contributed by atoms with Crippen LogP contribution < -0.4 is 169 Å². The molecule has 0 bridgehead atoms. The Balaban J connectivity index is -0.00000385. The Morgan fingerprint density at radius 3 is 1.78 bits per heavy atom. The summed E-state index contributed by atoms with van der Waals surface area (Å²) in [5.74, 6) is -25.7. The van der Waals surface area contributed by atoms with E-state index in [1.165, 1.54) is 6.92 Å². The van der Waals surface area contributed by atoms with Gasteiger partial charge in [0.1, 0.15) is 18.1 Å². The first-order valence-corrected chi connectivity index (χ1v) is 10.0. The Hall–Kier alpha value is 1.25. The molecule has 1 fully saturated rings. The number of hydrogen-bond donors (Lipinski definition) is 0. The van der Waals surface area contributed by atoms with E-state index in [0.29, 0.717) is 0 Å². The van der Waals surface area contributed by atoms with Crippen LogP contribution in [-0.4, -0.2) is 47.9 Å². The molecular weight excluding hydrogens is 601 g/mol. The van der Waals surface area contributed by atoms with Crippen LogP contribution in [0.2, 0.25) is 0 Å². The minimum Gasteiger partial charge on any atom is -0.550 e. The summed E-state index contributed by atoms with van der Waals surface area (Å²) in [7, 11) is 0. The van der Waals surface area contributed by atoms with Gasteiger partial charge in [0.15, 0.2) is 0 Å². The molecule has 1 rings (SSSR count). The molecule has 0 aromatic heterocycles. The number of carbonyl (C=O) groups excluding carboxylic acids is 7. The number of hydrogen-bond acceptors (Lipinski definition) is 13. The Bertz CT molecular complexity index is 961. The molecule has 0 amide bonds. The van der Waals surface area contributed by atoms with Crippen molar-refractivity contribution in [3.63, 3.8) is 0 Å². The van der Waals surface area contributed by atoms with Crippen molar-refractivity contribution in [2.45, 2.75) is 33.3 Å². The number of cyclic esters (lactones) is 2. The third kappa shape index (κ3) is 11.6. The molecule has 0 N–H and O–H groups in total. The maximum Gasteiger partial charge on any atom is 1.00 e. The number of carbonyl (C=O) groups is 7. The summed E-state index contributed by atoms with van der Waals surface area (Å²) < 4.78 is 13.7. The van der Waals surface area contributed by atoms with Crippen molar-refractivity contribution in [2.75, 3.05) is 0 Å². The number of halogens is 1. The molecule has 0 saturated carbocycles. The second-order valence-electron chi connectivity index (χ2n) is 7.29. The van der Waals surface area contributed by atoms with Crippen LogP contribution >= 0.6 is 11.6 Å². The van der Waals surface area contributed by atoms with E-state index in [9.17, 15) is 48.9 Å². The van der Waals surface area contributed by atoms with Gasteiger partial charge in [-0.3, -0.25) is 19.2 Å². The first-order chi connectivity index (χ1) is 15.8. The van der Waals surface area contributed by atoms with Crippen molar-refractivity contribution < 1.29 is 217 Å². The monoisotopic (exact) mass is 618 g/mol. The number of aliphatic carboxylic acids is 3. The summed E-state index contributed by atoms with van der Waals surface area (Å²) in [4.78, 5) is 84.2. The van der Waals surface area contributed by atoms with Crippen LogP contribution in [0.3, 0.4) is 0 Å². The third-order valence-electron chi connectivity index (χ3n) is 5.33. The van der Waals surface area contributed by atoms with E-state index in [1.807, 2.05) is 0 Å². The molecule has 1 aliphatic rings. The van der Waals surface area contributed by atoms with Crippen molar-refractivity contribution in [1.82, 2.24) is 0 Å². The normalized spacial score (nSPS) is 19.8. The topological polar surface area (TPSA) is 216 Å². The predicted octanol–water partition coefficient (Wildman–Crippen LogP) is -12.9. The molecule has 1 aliphatic heterocycles. The largest absolute Gasteiger partial charge is 1.00 e. The maximum atomic E-state index is 12.7. The van der Waals surface area contributed by atoms with E-state index < -0.39 is 83.4 Å². The molecule has 7 unspecified atom stereocenters. The number of carboxylic acid groups (broad SMARTS) is 3. The van der Waals surface area contributed by atoms with Gasteiger partial charge in [-0.15, -0.1) is 0 Å². The van der Waals surface area contributed by atoms with Crippen LogP contribution in [-0.2, 0) is 47.8 Å². The zero-order chi connectivity index (χ0) is 26.3. The van der Waals surface area contributed by atoms with Crippen LogP contribution in [0.5, 0.6) is 0 Å². The minimum atomic E-state index is -2.72. The van der Waals surface area contributed by atoms with Crippen LogP contribution in [0, 0.1) is 47.0 Å². The number of ether oxygens (including phenoxy) is 3. The molecule has 0 radical (unpaired) electrons.